The summed E-state index contributed by atoms with van der Waals surface area (Å²) in [4.78, 5) is 12.1. The summed E-state index contributed by atoms with van der Waals surface area (Å²) in [5, 5.41) is 0.451. The van der Waals surface area contributed by atoms with E-state index in [4.69, 9.17) is 16.3 Å². The zero-order chi connectivity index (χ0) is 14.3. The number of carbonyl (C=O) groups excluding carboxylic acids is 1. The summed E-state index contributed by atoms with van der Waals surface area (Å²) in [7, 11) is 0. The van der Waals surface area contributed by atoms with Crippen LogP contribution in [0, 0.1) is 11.6 Å². The quantitative estimate of drug-likeness (QED) is 0.783. The average molecular weight is 295 g/mol. The third kappa shape index (κ3) is 2.27. The minimum Gasteiger partial charge on any atom is -0.484 e. The second kappa shape index (κ2) is 4.87. The number of fused-ring (bicyclic) bond motifs is 1. The lowest BCUT2D eigenvalue weighted by atomic mass is 9.96. The van der Waals surface area contributed by atoms with Crippen LogP contribution in [0.1, 0.15) is 28.4 Å². The first kappa shape index (κ1) is 13.1. The Bertz CT molecular complexity index is 700. The van der Waals surface area contributed by atoms with E-state index < -0.39 is 17.7 Å². The molecule has 0 N–H and O–H groups in total. The van der Waals surface area contributed by atoms with Crippen molar-refractivity contribution in [2.45, 2.75) is 12.5 Å². The molecule has 0 saturated heterocycles. The third-order valence-corrected chi connectivity index (χ3v) is 3.43. The van der Waals surface area contributed by atoms with Gasteiger partial charge in [0.05, 0.1) is 12.0 Å². The van der Waals surface area contributed by atoms with Gasteiger partial charge in [0, 0.05) is 5.02 Å². The molecule has 1 heterocycles. The molecule has 5 heteroatoms. The maximum Gasteiger partial charge on any atom is 0.170 e. The molecule has 1 aliphatic heterocycles. The zero-order valence-electron chi connectivity index (χ0n) is 10.2. The van der Waals surface area contributed by atoms with E-state index in [1.165, 1.54) is 6.07 Å². The van der Waals surface area contributed by atoms with E-state index in [0.717, 1.165) is 12.1 Å². The largest absolute Gasteiger partial charge is 0.484 e. The number of hydrogen-bond donors (Lipinski definition) is 0. The van der Waals surface area contributed by atoms with E-state index in [9.17, 15) is 13.6 Å². The highest BCUT2D eigenvalue weighted by atomic mass is 35.5. The number of carbonyl (C=O) groups is 1. The Kier molecular flexibility index (Phi) is 3.18. The van der Waals surface area contributed by atoms with Gasteiger partial charge in [0.15, 0.2) is 17.4 Å². The molecular formula is C15H9ClF2O2. The maximum atomic E-state index is 13.2. The smallest absolute Gasteiger partial charge is 0.170 e. The fraction of sp³-hybridized carbons (Fsp3) is 0.133. The Morgan fingerprint density at radius 3 is 2.65 bits per heavy atom. The molecule has 1 aliphatic rings. The lowest BCUT2D eigenvalue weighted by molar-refractivity contribution is 0.0849. The topological polar surface area (TPSA) is 26.3 Å². The molecule has 0 spiro atoms. The number of halogens is 3. The molecule has 0 aromatic heterocycles. The molecule has 0 fully saturated rings. The molecular weight excluding hydrogens is 286 g/mol. The normalized spacial score (nSPS) is 17.6. The van der Waals surface area contributed by atoms with Gasteiger partial charge in [-0.25, -0.2) is 8.78 Å². The van der Waals surface area contributed by atoms with Crippen molar-refractivity contribution >= 4 is 17.4 Å². The average Bonchev–Trinajstić information content (AvgIpc) is 2.42. The van der Waals surface area contributed by atoms with Gasteiger partial charge < -0.3 is 4.74 Å². The lowest BCUT2D eigenvalue weighted by Gasteiger charge is -2.25. The van der Waals surface area contributed by atoms with Crippen LogP contribution in [0.15, 0.2) is 36.4 Å². The molecule has 2 aromatic rings. The Hall–Kier alpha value is -1.94. The van der Waals surface area contributed by atoms with E-state index in [-0.39, 0.29) is 12.2 Å². The summed E-state index contributed by atoms with van der Waals surface area (Å²) < 4.78 is 31.8. The standard InChI is InChI=1S/C15H9ClF2O2/c16-9-2-4-14-10(6-9)13(19)7-15(20-14)8-1-3-11(17)12(18)5-8/h1-6,15H,7H2. The fourth-order valence-electron chi connectivity index (χ4n) is 2.19. The third-order valence-electron chi connectivity index (χ3n) is 3.20. The SMILES string of the molecule is O=C1CC(c2ccc(F)c(F)c2)Oc2ccc(Cl)cc21. The molecule has 2 aromatic carbocycles. The van der Waals surface area contributed by atoms with Gasteiger partial charge in [0.1, 0.15) is 11.9 Å². The lowest BCUT2D eigenvalue weighted by Crippen LogP contribution is -2.20. The molecule has 0 amide bonds. The van der Waals surface area contributed by atoms with Gasteiger partial charge in [-0.2, -0.15) is 0 Å². The van der Waals surface area contributed by atoms with Crippen LogP contribution in [0.4, 0.5) is 8.78 Å². The van der Waals surface area contributed by atoms with E-state index in [2.05, 4.69) is 0 Å². The molecule has 0 aliphatic carbocycles. The number of ketones is 1. The van der Waals surface area contributed by atoms with E-state index in [1.54, 1.807) is 18.2 Å². The summed E-state index contributed by atoms with van der Waals surface area (Å²) in [5.74, 6) is -1.62. The van der Waals surface area contributed by atoms with Crippen molar-refractivity contribution in [2.75, 3.05) is 0 Å². The van der Waals surface area contributed by atoms with Gasteiger partial charge in [0.2, 0.25) is 0 Å². The number of ether oxygens (including phenoxy) is 1. The van der Waals surface area contributed by atoms with Crippen molar-refractivity contribution in [1.82, 2.24) is 0 Å². The predicted molar refractivity (Wildman–Crippen MR) is 70.1 cm³/mol. The van der Waals surface area contributed by atoms with E-state index in [0.29, 0.717) is 21.9 Å². The van der Waals surface area contributed by atoms with Crippen LogP contribution in [0.3, 0.4) is 0 Å². The highest BCUT2D eigenvalue weighted by Crippen LogP contribution is 2.36. The molecule has 1 unspecified atom stereocenters. The Labute approximate surface area is 118 Å². The maximum absolute atomic E-state index is 13.2. The minimum absolute atomic E-state index is 0.0679. The molecule has 2 nitrogen and oxygen atoms in total. The fourth-order valence-corrected chi connectivity index (χ4v) is 2.37. The summed E-state index contributed by atoms with van der Waals surface area (Å²) in [6, 6.07) is 8.24. The first-order valence-corrected chi connectivity index (χ1v) is 6.37. The highest BCUT2D eigenvalue weighted by Gasteiger charge is 2.28. The van der Waals surface area contributed by atoms with Gasteiger partial charge in [0.25, 0.3) is 0 Å². The molecule has 102 valence electrons. The molecule has 3 rings (SSSR count). The summed E-state index contributed by atoms with van der Waals surface area (Å²) in [5.41, 5.74) is 0.842. The van der Waals surface area contributed by atoms with Crippen LogP contribution in [-0.2, 0) is 0 Å². The monoisotopic (exact) mass is 294 g/mol. The molecule has 0 bridgehead atoms. The molecule has 0 saturated carbocycles. The van der Waals surface area contributed by atoms with Crippen LogP contribution in [0.5, 0.6) is 5.75 Å². The molecule has 0 radical (unpaired) electrons. The molecule has 1 atom stereocenters. The van der Waals surface area contributed by atoms with E-state index >= 15 is 0 Å². The van der Waals surface area contributed by atoms with Gasteiger partial charge in [-0.3, -0.25) is 4.79 Å². The van der Waals surface area contributed by atoms with Gasteiger partial charge in [-0.1, -0.05) is 17.7 Å². The Morgan fingerprint density at radius 2 is 1.90 bits per heavy atom. The van der Waals surface area contributed by atoms with Crippen molar-refractivity contribution in [3.05, 3.63) is 64.2 Å². The minimum atomic E-state index is -0.958. The predicted octanol–water partition coefficient (Wildman–Crippen LogP) is 4.32. The van der Waals surface area contributed by atoms with E-state index in [1.807, 2.05) is 0 Å². The van der Waals surface area contributed by atoms with Crippen LogP contribution < -0.4 is 4.74 Å². The zero-order valence-corrected chi connectivity index (χ0v) is 11.0. The molecule has 20 heavy (non-hydrogen) atoms. The van der Waals surface area contributed by atoms with Gasteiger partial charge in [-0.05, 0) is 35.9 Å². The Morgan fingerprint density at radius 1 is 1.10 bits per heavy atom. The van der Waals surface area contributed by atoms with Crippen molar-refractivity contribution in [2.24, 2.45) is 0 Å². The summed E-state index contributed by atoms with van der Waals surface area (Å²) >= 11 is 5.83. The van der Waals surface area contributed by atoms with Gasteiger partial charge in [-0.15, -0.1) is 0 Å². The van der Waals surface area contributed by atoms with Crippen LogP contribution in [0.2, 0.25) is 5.02 Å². The number of rotatable bonds is 1. The second-order valence-electron chi connectivity index (χ2n) is 4.55. The highest BCUT2D eigenvalue weighted by molar-refractivity contribution is 6.31. The number of benzene rings is 2. The van der Waals surface area contributed by atoms with Crippen molar-refractivity contribution < 1.29 is 18.3 Å². The first-order valence-electron chi connectivity index (χ1n) is 5.99. The Balaban J connectivity index is 1.97. The van der Waals surface area contributed by atoms with Crippen molar-refractivity contribution in [1.29, 1.82) is 0 Å². The van der Waals surface area contributed by atoms with Crippen LogP contribution in [0.25, 0.3) is 0 Å². The summed E-state index contributed by atoms with van der Waals surface area (Å²) in [6.07, 6.45) is -0.551. The number of Topliss-reactive ketones (excluding diaryl/α,β-unsaturated/α-hetero) is 1. The van der Waals surface area contributed by atoms with Crippen LogP contribution in [-0.4, -0.2) is 5.78 Å². The van der Waals surface area contributed by atoms with Crippen molar-refractivity contribution in [3.8, 4) is 5.75 Å². The number of hydrogen-bond acceptors (Lipinski definition) is 2. The van der Waals surface area contributed by atoms with Crippen LogP contribution >= 0.6 is 11.6 Å². The van der Waals surface area contributed by atoms with Gasteiger partial charge >= 0.3 is 0 Å². The van der Waals surface area contributed by atoms with Crippen molar-refractivity contribution in [3.63, 3.8) is 0 Å². The first-order chi connectivity index (χ1) is 9.54. The second-order valence-corrected chi connectivity index (χ2v) is 4.98. The summed E-state index contributed by atoms with van der Waals surface area (Å²) in [6.45, 7) is 0.